The second-order valence-corrected chi connectivity index (χ2v) is 2.67. The van der Waals surface area contributed by atoms with Crippen LogP contribution in [0.1, 0.15) is 19.8 Å². The summed E-state index contributed by atoms with van der Waals surface area (Å²) in [6.45, 7) is 3.72. The van der Waals surface area contributed by atoms with Crippen molar-refractivity contribution in [1.29, 1.82) is 0 Å². The first kappa shape index (κ1) is 12.7. The minimum Gasteiger partial charge on any atom is -0.382 e. The average molecular weight is 199 g/mol. The van der Waals surface area contributed by atoms with Crippen LogP contribution in [0.2, 0.25) is 0 Å². The Hall–Kier alpha value is -0.290. The van der Waals surface area contributed by atoms with Gasteiger partial charge in [-0.15, -0.1) is 0 Å². The number of hydrogen-bond donors (Lipinski definition) is 1. The van der Waals surface area contributed by atoms with Crippen molar-refractivity contribution in [3.63, 3.8) is 0 Å². The molecule has 0 radical (unpaired) electrons. The van der Waals surface area contributed by atoms with Gasteiger partial charge in [0.05, 0.1) is 6.42 Å². The van der Waals surface area contributed by atoms with Gasteiger partial charge in [0.1, 0.15) is 0 Å². The standard InChI is InChI=1S/C8H16F3NO/c1-2-13-7-3-5-12-6-4-8(9,10)11/h12H,2-7H2,1H3. The summed E-state index contributed by atoms with van der Waals surface area (Å²) in [5.74, 6) is 0. The van der Waals surface area contributed by atoms with E-state index in [0.29, 0.717) is 19.8 Å². The van der Waals surface area contributed by atoms with Gasteiger partial charge in [0.15, 0.2) is 0 Å². The first-order chi connectivity index (χ1) is 6.06. The zero-order chi connectivity index (χ0) is 10.2. The molecule has 0 rings (SSSR count). The van der Waals surface area contributed by atoms with Crippen LogP contribution >= 0.6 is 0 Å². The molecule has 0 aliphatic carbocycles. The molecule has 0 fully saturated rings. The van der Waals surface area contributed by atoms with Gasteiger partial charge in [0.25, 0.3) is 0 Å². The zero-order valence-corrected chi connectivity index (χ0v) is 7.78. The van der Waals surface area contributed by atoms with E-state index in [-0.39, 0.29) is 6.54 Å². The molecule has 0 saturated carbocycles. The van der Waals surface area contributed by atoms with Crippen molar-refractivity contribution in [2.24, 2.45) is 0 Å². The van der Waals surface area contributed by atoms with Crippen LogP contribution in [0, 0.1) is 0 Å². The Morgan fingerprint density at radius 3 is 2.46 bits per heavy atom. The molecule has 1 N–H and O–H groups in total. The highest BCUT2D eigenvalue weighted by Crippen LogP contribution is 2.17. The van der Waals surface area contributed by atoms with Gasteiger partial charge in [-0.25, -0.2) is 0 Å². The van der Waals surface area contributed by atoms with Crippen LogP contribution in [-0.4, -0.2) is 32.5 Å². The maximum atomic E-state index is 11.6. The van der Waals surface area contributed by atoms with Crippen LogP contribution in [0.25, 0.3) is 0 Å². The van der Waals surface area contributed by atoms with Crippen LogP contribution in [0.4, 0.5) is 13.2 Å². The fourth-order valence-electron chi connectivity index (χ4n) is 0.799. The summed E-state index contributed by atoms with van der Waals surface area (Å²) in [6, 6.07) is 0. The number of halogens is 3. The fraction of sp³-hybridized carbons (Fsp3) is 1.00. The Kier molecular flexibility index (Phi) is 6.99. The van der Waals surface area contributed by atoms with Gasteiger partial charge in [-0.2, -0.15) is 13.2 Å². The highest BCUT2D eigenvalue weighted by molar-refractivity contribution is 4.54. The SMILES string of the molecule is CCOCCCNCCC(F)(F)F. The molecule has 0 aliphatic rings. The fourth-order valence-corrected chi connectivity index (χ4v) is 0.799. The quantitative estimate of drug-likeness (QED) is 0.633. The molecular weight excluding hydrogens is 183 g/mol. The third-order valence-electron chi connectivity index (χ3n) is 1.43. The monoisotopic (exact) mass is 199 g/mol. The molecule has 13 heavy (non-hydrogen) atoms. The summed E-state index contributed by atoms with van der Waals surface area (Å²) in [5, 5.41) is 2.70. The van der Waals surface area contributed by atoms with Crippen LogP contribution in [0.5, 0.6) is 0 Å². The van der Waals surface area contributed by atoms with Crippen molar-refractivity contribution < 1.29 is 17.9 Å². The number of hydrogen-bond acceptors (Lipinski definition) is 2. The Labute approximate surface area is 76.5 Å². The maximum Gasteiger partial charge on any atom is 0.390 e. The summed E-state index contributed by atoms with van der Waals surface area (Å²) in [7, 11) is 0. The number of nitrogens with one attached hydrogen (secondary N) is 1. The van der Waals surface area contributed by atoms with Gasteiger partial charge in [-0.05, 0) is 19.9 Å². The lowest BCUT2D eigenvalue weighted by Crippen LogP contribution is -2.23. The molecule has 0 aromatic rings. The minimum absolute atomic E-state index is 0.00434. The molecule has 0 aromatic heterocycles. The van der Waals surface area contributed by atoms with Crippen molar-refractivity contribution in [2.75, 3.05) is 26.3 Å². The van der Waals surface area contributed by atoms with Crippen molar-refractivity contribution in [3.8, 4) is 0 Å². The average Bonchev–Trinajstić information content (AvgIpc) is 2.01. The summed E-state index contributed by atoms with van der Waals surface area (Å²) < 4.78 is 39.9. The summed E-state index contributed by atoms with van der Waals surface area (Å²) >= 11 is 0. The van der Waals surface area contributed by atoms with Gasteiger partial charge in [-0.1, -0.05) is 0 Å². The number of rotatable bonds is 7. The third-order valence-corrected chi connectivity index (χ3v) is 1.43. The van der Waals surface area contributed by atoms with E-state index < -0.39 is 12.6 Å². The largest absolute Gasteiger partial charge is 0.390 e. The van der Waals surface area contributed by atoms with Crippen LogP contribution in [0.15, 0.2) is 0 Å². The Morgan fingerprint density at radius 1 is 1.23 bits per heavy atom. The molecule has 80 valence electrons. The van der Waals surface area contributed by atoms with E-state index >= 15 is 0 Å². The molecule has 0 unspecified atom stereocenters. The molecule has 0 bridgehead atoms. The molecule has 0 aliphatic heterocycles. The molecule has 2 nitrogen and oxygen atoms in total. The molecule has 0 atom stereocenters. The second-order valence-electron chi connectivity index (χ2n) is 2.67. The van der Waals surface area contributed by atoms with Gasteiger partial charge in [-0.3, -0.25) is 0 Å². The van der Waals surface area contributed by atoms with E-state index in [4.69, 9.17) is 4.74 Å². The van der Waals surface area contributed by atoms with Crippen molar-refractivity contribution in [2.45, 2.75) is 25.9 Å². The van der Waals surface area contributed by atoms with E-state index in [1.165, 1.54) is 0 Å². The lowest BCUT2D eigenvalue weighted by molar-refractivity contribution is -0.133. The predicted molar refractivity (Wildman–Crippen MR) is 44.7 cm³/mol. The van der Waals surface area contributed by atoms with Crippen molar-refractivity contribution in [3.05, 3.63) is 0 Å². The minimum atomic E-state index is -4.05. The smallest absolute Gasteiger partial charge is 0.382 e. The Balaban J connectivity index is 3.00. The van der Waals surface area contributed by atoms with Crippen molar-refractivity contribution >= 4 is 0 Å². The molecule has 0 saturated heterocycles. The summed E-state index contributed by atoms with van der Waals surface area (Å²) in [5.41, 5.74) is 0. The predicted octanol–water partition coefficient (Wildman–Crippen LogP) is 1.96. The molecule has 0 amide bonds. The van der Waals surface area contributed by atoms with Crippen LogP contribution < -0.4 is 5.32 Å². The highest BCUT2D eigenvalue weighted by atomic mass is 19.4. The Bertz CT molecular complexity index is 116. The van der Waals surface area contributed by atoms with E-state index in [1.807, 2.05) is 6.92 Å². The van der Waals surface area contributed by atoms with E-state index in [2.05, 4.69) is 5.32 Å². The van der Waals surface area contributed by atoms with Gasteiger partial charge in [0, 0.05) is 19.8 Å². The number of alkyl halides is 3. The molecule has 0 aromatic carbocycles. The summed E-state index contributed by atoms with van der Waals surface area (Å²) in [6.07, 6.45) is -4.06. The van der Waals surface area contributed by atoms with Crippen LogP contribution in [0.3, 0.4) is 0 Å². The Morgan fingerprint density at radius 2 is 1.92 bits per heavy atom. The van der Waals surface area contributed by atoms with E-state index in [0.717, 1.165) is 6.42 Å². The second kappa shape index (κ2) is 7.15. The van der Waals surface area contributed by atoms with Crippen LogP contribution in [-0.2, 0) is 4.74 Å². The molecule has 0 spiro atoms. The number of ether oxygens (including phenoxy) is 1. The molecule has 0 heterocycles. The normalized spacial score (nSPS) is 12.0. The van der Waals surface area contributed by atoms with Gasteiger partial charge >= 0.3 is 6.18 Å². The maximum absolute atomic E-state index is 11.6. The van der Waals surface area contributed by atoms with Crippen molar-refractivity contribution in [1.82, 2.24) is 5.32 Å². The zero-order valence-electron chi connectivity index (χ0n) is 7.78. The third kappa shape index (κ3) is 11.7. The first-order valence-corrected chi connectivity index (χ1v) is 4.41. The summed E-state index contributed by atoms with van der Waals surface area (Å²) in [4.78, 5) is 0. The lowest BCUT2D eigenvalue weighted by Gasteiger charge is -2.07. The lowest BCUT2D eigenvalue weighted by atomic mass is 10.4. The highest BCUT2D eigenvalue weighted by Gasteiger charge is 2.25. The van der Waals surface area contributed by atoms with E-state index in [9.17, 15) is 13.2 Å². The van der Waals surface area contributed by atoms with Gasteiger partial charge < -0.3 is 10.1 Å². The van der Waals surface area contributed by atoms with E-state index in [1.54, 1.807) is 0 Å². The molecule has 5 heteroatoms. The molecular formula is C8H16F3NO. The topological polar surface area (TPSA) is 21.3 Å². The first-order valence-electron chi connectivity index (χ1n) is 4.41. The van der Waals surface area contributed by atoms with Gasteiger partial charge in [0.2, 0.25) is 0 Å².